The zero-order chi connectivity index (χ0) is 25.1. The molecule has 5 rings (SSSR count). The van der Waals surface area contributed by atoms with E-state index in [2.05, 4.69) is 9.97 Å². The number of carboxylic acids is 1. The smallest absolute Gasteiger partial charge is 0.303 e. The fourth-order valence-corrected chi connectivity index (χ4v) is 4.29. The number of ether oxygens (including phenoxy) is 3. The van der Waals surface area contributed by atoms with Gasteiger partial charge in [0, 0.05) is 5.56 Å². The minimum Gasteiger partial charge on any atom is -0.497 e. The van der Waals surface area contributed by atoms with Crippen molar-refractivity contribution in [2.75, 3.05) is 13.7 Å². The Hall–Kier alpha value is -3.68. The second-order valence-electron chi connectivity index (χ2n) is 9.52. The van der Waals surface area contributed by atoms with Gasteiger partial charge in [0.25, 0.3) is 0 Å². The van der Waals surface area contributed by atoms with E-state index in [0.29, 0.717) is 41.3 Å². The topological polar surface area (TPSA) is 90.8 Å². The maximum Gasteiger partial charge on any atom is 0.303 e. The maximum atomic E-state index is 14.7. The average Bonchev–Trinajstić information content (AvgIpc) is 3.80. The van der Waals surface area contributed by atoms with Gasteiger partial charge in [0.15, 0.2) is 0 Å². The van der Waals surface area contributed by atoms with Crippen molar-refractivity contribution in [1.29, 1.82) is 0 Å². The standard InChI is InChI=1S/C28H29FN2O5/c1-34-21-9-10-25(29)24(12-21)27-28(36-15-17-5-6-17)31-20(14-30-27)16-35-22-4-2-3-19(11-22)23(13-26(32)33)18-7-8-18/h2-4,9-12,14,17-18,23H,5-8,13,15-16H2,1H3,(H,32,33). The van der Waals surface area contributed by atoms with Crippen molar-refractivity contribution >= 4 is 5.97 Å². The molecule has 3 aromatic rings. The number of carboxylic acid groups (broad SMARTS) is 1. The number of halogens is 1. The summed E-state index contributed by atoms with van der Waals surface area (Å²) in [6.07, 6.45) is 6.01. The third kappa shape index (κ3) is 5.93. The fraction of sp³-hybridized carbons (Fsp3) is 0.393. The Morgan fingerprint density at radius 2 is 1.94 bits per heavy atom. The summed E-state index contributed by atoms with van der Waals surface area (Å²) in [6, 6.07) is 12.1. The molecule has 0 bridgehead atoms. The maximum absolute atomic E-state index is 14.7. The number of hydrogen-bond donors (Lipinski definition) is 1. The van der Waals surface area contributed by atoms with Gasteiger partial charge in [-0.15, -0.1) is 0 Å². The zero-order valence-electron chi connectivity index (χ0n) is 20.2. The zero-order valence-corrected chi connectivity index (χ0v) is 20.2. The molecule has 0 aliphatic heterocycles. The van der Waals surface area contributed by atoms with Gasteiger partial charge in [0.1, 0.15) is 35.3 Å². The predicted octanol–water partition coefficient (Wildman–Crippen LogP) is 5.63. The van der Waals surface area contributed by atoms with Crippen LogP contribution < -0.4 is 14.2 Å². The van der Waals surface area contributed by atoms with Crippen LogP contribution in [0.2, 0.25) is 0 Å². The van der Waals surface area contributed by atoms with Gasteiger partial charge >= 0.3 is 5.97 Å². The molecule has 2 aromatic carbocycles. The lowest BCUT2D eigenvalue weighted by Gasteiger charge is -2.16. The van der Waals surface area contributed by atoms with E-state index in [4.69, 9.17) is 14.2 Å². The first kappa shape index (κ1) is 24.0. The molecular formula is C28H29FN2O5. The van der Waals surface area contributed by atoms with Gasteiger partial charge in [-0.3, -0.25) is 4.79 Å². The van der Waals surface area contributed by atoms with Crippen LogP contribution in [0.5, 0.6) is 17.4 Å². The van der Waals surface area contributed by atoms with Crippen molar-refractivity contribution in [2.24, 2.45) is 11.8 Å². The Balaban J connectivity index is 1.35. The number of aromatic nitrogens is 2. The molecule has 2 aliphatic carbocycles. The Kier molecular flexibility index (Phi) is 7.02. The van der Waals surface area contributed by atoms with E-state index in [1.54, 1.807) is 18.3 Å². The number of aliphatic carboxylic acids is 1. The van der Waals surface area contributed by atoms with Crippen molar-refractivity contribution in [3.05, 3.63) is 65.7 Å². The predicted molar refractivity (Wildman–Crippen MR) is 131 cm³/mol. The highest BCUT2D eigenvalue weighted by Gasteiger charge is 2.34. The summed E-state index contributed by atoms with van der Waals surface area (Å²) in [4.78, 5) is 20.4. The van der Waals surface area contributed by atoms with Crippen LogP contribution >= 0.6 is 0 Å². The lowest BCUT2D eigenvalue weighted by atomic mass is 9.91. The molecular weight excluding hydrogens is 463 g/mol. The number of benzene rings is 2. The van der Waals surface area contributed by atoms with Gasteiger partial charge in [-0.05, 0) is 79.3 Å². The van der Waals surface area contributed by atoms with E-state index >= 15 is 0 Å². The SMILES string of the molecule is COc1ccc(F)c(-c2ncc(COc3cccc(C(CC(=O)O)C4CC4)c3)nc2OCC2CC2)c1. The van der Waals surface area contributed by atoms with E-state index in [0.717, 1.165) is 31.2 Å². The Morgan fingerprint density at radius 1 is 1.11 bits per heavy atom. The van der Waals surface area contributed by atoms with Crippen LogP contribution in [0.3, 0.4) is 0 Å². The number of methoxy groups -OCH3 is 1. The average molecular weight is 493 g/mol. The van der Waals surface area contributed by atoms with Gasteiger partial charge < -0.3 is 19.3 Å². The molecule has 2 aliphatic rings. The van der Waals surface area contributed by atoms with Gasteiger partial charge in [0.2, 0.25) is 5.88 Å². The van der Waals surface area contributed by atoms with Gasteiger partial charge in [-0.25, -0.2) is 14.4 Å². The summed E-state index contributed by atoms with van der Waals surface area (Å²) >= 11 is 0. The second kappa shape index (κ2) is 10.5. The molecule has 36 heavy (non-hydrogen) atoms. The highest BCUT2D eigenvalue weighted by molar-refractivity contribution is 5.68. The van der Waals surface area contributed by atoms with Crippen molar-refractivity contribution in [3.8, 4) is 28.6 Å². The molecule has 2 fully saturated rings. The highest BCUT2D eigenvalue weighted by atomic mass is 19.1. The summed E-state index contributed by atoms with van der Waals surface area (Å²) in [5.41, 5.74) is 2.10. The molecule has 2 saturated carbocycles. The van der Waals surface area contributed by atoms with Crippen molar-refractivity contribution in [3.63, 3.8) is 0 Å². The fourth-order valence-electron chi connectivity index (χ4n) is 4.29. The molecule has 1 unspecified atom stereocenters. The normalized spacial score (nSPS) is 15.8. The van der Waals surface area contributed by atoms with Crippen LogP contribution in [-0.2, 0) is 11.4 Å². The first-order valence-corrected chi connectivity index (χ1v) is 12.3. The second-order valence-corrected chi connectivity index (χ2v) is 9.52. The minimum absolute atomic E-state index is 0.00897. The molecule has 0 amide bonds. The molecule has 1 N–H and O–H groups in total. The van der Waals surface area contributed by atoms with Gasteiger partial charge in [-0.1, -0.05) is 12.1 Å². The first-order chi connectivity index (χ1) is 17.5. The molecule has 0 spiro atoms. The number of carbonyl (C=O) groups is 1. The largest absolute Gasteiger partial charge is 0.497 e. The van der Waals surface area contributed by atoms with Crippen LogP contribution in [0.25, 0.3) is 11.3 Å². The minimum atomic E-state index is -0.792. The van der Waals surface area contributed by atoms with Crippen LogP contribution in [-0.4, -0.2) is 34.8 Å². The van der Waals surface area contributed by atoms with Crippen molar-refractivity contribution in [2.45, 2.75) is 44.6 Å². The molecule has 8 heteroatoms. The third-order valence-electron chi connectivity index (χ3n) is 6.63. The quantitative estimate of drug-likeness (QED) is 0.350. The summed E-state index contributed by atoms with van der Waals surface area (Å²) in [5.74, 6) is 1.08. The van der Waals surface area contributed by atoms with Crippen molar-refractivity contribution in [1.82, 2.24) is 9.97 Å². The molecule has 1 atom stereocenters. The summed E-state index contributed by atoms with van der Waals surface area (Å²) < 4.78 is 31.9. The Bertz CT molecular complexity index is 1240. The molecule has 1 heterocycles. The van der Waals surface area contributed by atoms with Crippen molar-refractivity contribution < 1.29 is 28.5 Å². The van der Waals surface area contributed by atoms with Gasteiger partial charge in [-0.2, -0.15) is 0 Å². The van der Waals surface area contributed by atoms with Crippen LogP contribution in [0.1, 0.15) is 49.3 Å². The van der Waals surface area contributed by atoms with Crippen LogP contribution in [0.15, 0.2) is 48.7 Å². The Morgan fingerprint density at radius 3 is 2.67 bits per heavy atom. The summed E-state index contributed by atoms with van der Waals surface area (Å²) in [5, 5.41) is 9.31. The van der Waals surface area contributed by atoms with E-state index in [9.17, 15) is 14.3 Å². The number of hydrogen-bond acceptors (Lipinski definition) is 6. The van der Waals surface area contributed by atoms with Gasteiger partial charge in [0.05, 0.1) is 26.3 Å². The summed E-state index contributed by atoms with van der Waals surface area (Å²) in [7, 11) is 1.52. The van der Waals surface area contributed by atoms with Crippen LogP contribution in [0.4, 0.5) is 4.39 Å². The molecule has 188 valence electrons. The Labute approximate surface area is 209 Å². The number of nitrogens with zero attached hydrogens (tertiary/aromatic N) is 2. The molecule has 7 nitrogen and oxygen atoms in total. The number of rotatable bonds is 12. The molecule has 1 aromatic heterocycles. The summed E-state index contributed by atoms with van der Waals surface area (Å²) in [6.45, 7) is 0.649. The van der Waals surface area contributed by atoms with E-state index in [1.165, 1.54) is 13.2 Å². The van der Waals surface area contributed by atoms with E-state index in [-0.39, 0.29) is 30.4 Å². The van der Waals surface area contributed by atoms with E-state index in [1.807, 2.05) is 24.3 Å². The third-order valence-corrected chi connectivity index (χ3v) is 6.63. The highest BCUT2D eigenvalue weighted by Crippen LogP contribution is 2.45. The van der Waals surface area contributed by atoms with Crippen LogP contribution in [0, 0.1) is 17.7 Å². The lowest BCUT2D eigenvalue weighted by molar-refractivity contribution is -0.137. The first-order valence-electron chi connectivity index (χ1n) is 12.3. The molecule has 0 saturated heterocycles. The van der Waals surface area contributed by atoms with E-state index < -0.39 is 11.8 Å². The monoisotopic (exact) mass is 492 g/mol. The molecule has 0 radical (unpaired) electrons. The lowest BCUT2D eigenvalue weighted by Crippen LogP contribution is -2.09.